The Hall–Kier alpha value is -2.32. The number of nitrogens with one attached hydrogen (secondary N) is 1. The van der Waals surface area contributed by atoms with Crippen molar-refractivity contribution in [3.63, 3.8) is 0 Å². The molecule has 3 aromatic rings. The highest BCUT2D eigenvalue weighted by Gasteiger charge is 2.31. The van der Waals surface area contributed by atoms with Gasteiger partial charge in [-0.2, -0.15) is 0 Å². The summed E-state index contributed by atoms with van der Waals surface area (Å²) in [6, 6.07) is 2.16. The second-order valence-corrected chi connectivity index (χ2v) is 7.91. The molecule has 1 atom stereocenters. The highest BCUT2D eigenvalue weighted by molar-refractivity contribution is 7.13. The number of nitrogens with two attached hydrogens (primary N) is 2. The molecule has 8 heteroatoms. The van der Waals surface area contributed by atoms with Crippen molar-refractivity contribution in [3.8, 4) is 0 Å². The lowest BCUT2D eigenvalue weighted by Gasteiger charge is -2.22. The van der Waals surface area contributed by atoms with Crippen LogP contribution in [0.25, 0.3) is 15.6 Å². The van der Waals surface area contributed by atoms with E-state index in [1.54, 1.807) is 10.6 Å². The number of anilines is 2. The number of fused-ring (bicyclic) bond motifs is 2. The molecule has 0 amide bonds. The van der Waals surface area contributed by atoms with Crippen molar-refractivity contribution in [2.24, 2.45) is 5.73 Å². The molecule has 1 saturated heterocycles. The largest absolute Gasteiger partial charge is 0.396 e. The third-order valence-corrected chi connectivity index (χ3v) is 6.22. The fourth-order valence-corrected chi connectivity index (χ4v) is 4.86. The fourth-order valence-electron chi connectivity index (χ4n) is 3.90. The molecule has 0 aromatic carbocycles. The molecule has 25 heavy (non-hydrogen) atoms. The minimum atomic E-state index is -0.311. The molecule has 7 nitrogen and oxygen atoms in total. The van der Waals surface area contributed by atoms with Crippen LogP contribution in [0.4, 0.5) is 11.4 Å². The SMILES string of the molecule is Nc1cn2c(=O)c3c(=O)[nH]sc3c(C3CC3)c2cc1N1CCC(N)C1. The normalized spacial score (nSPS) is 20.8. The number of aromatic nitrogens is 2. The summed E-state index contributed by atoms with van der Waals surface area (Å²) >= 11 is 1.26. The Balaban J connectivity index is 1.86. The van der Waals surface area contributed by atoms with Crippen molar-refractivity contribution < 1.29 is 0 Å². The molecule has 130 valence electrons. The number of hydrogen-bond donors (Lipinski definition) is 3. The smallest absolute Gasteiger partial charge is 0.271 e. The third kappa shape index (κ3) is 2.14. The second-order valence-electron chi connectivity index (χ2n) is 7.09. The average Bonchev–Trinajstić information content (AvgIpc) is 3.21. The minimum absolute atomic E-state index is 0.151. The van der Waals surface area contributed by atoms with Crippen LogP contribution in [-0.4, -0.2) is 27.9 Å². The molecular formula is C17H19N5O2S. The van der Waals surface area contributed by atoms with Crippen LogP contribution in [0.2, 0.25) is 0 Å². The van der Waals surface area contributed by atoms with E-state index in [9.17, 15) is 9.59 Å². The van der Waals surface area contributed by atoms with Crippen molar-refractivity contribution in [3.05, 3.63) is 38.5 Å². The molecule has 1 aliphatic heterocycles. The summed E-state index contributed by atoms with van der Waals surface area (Å²) in [5.41, 5.74) is 15.1. The van der Waals surface area contributed by atoms with Gasteiger partial charge >= 0.3 is 0 Å². The first-order chi connectivity index (χ1) is 12.0. The number of hydrogen-bond acceptors (Lipinski definition) is 6. The van der Waals surface area contributed by atoms with E-state index >= 15 is 0 Å². The van der Waals surface area contributed by atoms with Crippen LogP contribution in [0.15, 0.2) is 21.9 Å². The quantitative estimate of drug-likeness (QED) is 0.638. The Morgan fingerprint density at radius 2 is 2.04 bits per heavy atom. The van der Waals surface area contributed by atoms with Crippen LogP contribution < -0.4 is 27.5 Å². The Morgan fingerprint density at radius 1 is 1.24 bits per heavy atom. The number of H-pyrrole nitrogens is 1. The molecule has 1 aliphatic carbocycles. The highest BCUT2D eigenvalue weighted by Crippen LogP contribution is 2.46. The van der Waals surface area contributed by atoms with Gasteiger partial charge in [-0.25, -0.2) is 0 Å². The molecule has 0 spiro atoms. The van der Waals surface area contributed by atoms with Gasteiger partial charge in [0.1, 0.15) is 5.39 Å². The van der Waals surface area contributed by atoms with Gasteiger partial charge in [-0.1, -0.05) is 11.5 Å². The molecule has 5 N–H and O–H groups in total. The first-order valence-electron chi connectivity index (χ1n) is 8.54. The molecule has 2 aliphatic rings. The number of pyridine rings is 2. The van der Waals surface area contributed by atoms with Gasteiger partial charge in [-0.05, 0) is 36.8 Å². The van der Waals surface area contributed by atoms with E-state index < -0.39 is 0 Å². The zero-order valence-electron chi connectivity index (χ0n) is 13.6. The van der Waals surface area contributed by atoms with Crippen molar-refractivity contribution >= 4 is 38.5 Å². The molecule has 0 bridgehead atoms. The maximum Gasteiger partial charge on any atom is 0.271 e. The van der Waals surface area contributed by atoms with Crippen molar-refractivity contribution in [1.82, 2.24) is 8.77 Å². The highest BCUT2D eigenvalue weighted by atomic mass is 32.1. The molecule has 0 radical (unpaired) electrons. The molecule has 5 rings (SSSR count). The van der Waals surface area contributed by atoms with E-state index in [0.29, 0.717) is 11.6 Å². The Kier molecular flexibility index (Phi) is 3.05. The maximum atomic E-state index is 12.9. The molecule has 3 aromatic heterocycles. The number of aromatic amines is 1. The monoisotopic (exact) mass is 357 g/mol. The standard InChI is InChI=1S/C17H19N5O2S/c18-9-3-4-21(6-9)11-5-12-13(8-1-2-8)15-14(16(23)20-25-15)17(24)22(12)7-10(11)19/h5,7-9H,1-4,6,18-19H2,(H,20,23). The molecule has 1 saturated carbocycles. The van der Waals surface area contributed by atoms with E-state index in [4.69, 9.17) is 11.5 Å². The van der Waals surface area contributed by atoms with Gasteiger partial charge in [-0.15, -0.1) is 0 Å². The number of nitrogens with zero attached hydrogens (tertiary/aromatic N) is 2. The lowest BCUT2D eigenvalue weighted by Crippen LogP contribution is -2.27. The first kappa shape index (κ1) is 15.0. The fraction of sp³-hybridized carbons (Fsp3) is 0.412. The predicted molar refractivity (Wildman–Crippen MR) is 101 cm³/mol. The van der Waals surface area contributed by atoms with Gasteiger partial charge < -0.3 is 16.4 Å². The van der Waals surface area contributed by atoms with E-state index in [-0.39, 0.29) is 22.5 Å². The van der Waals surface area contributed by atoms with Crippen LogP contribution in [0.5, 0.6) is 0 Å². The van der Waals surface area contributed by atoms with Crippen LogP contribution >= 0.6 is 11.5 Å². The first-order valence-corrected chi connectivity index (χ1v) is 9.35. The molecular weight excluding hydrogens is 338 g/mol. The number of rotatable bonds is 2. The predicted octanol–water partition coefficient (Wildman–Crippen LogP) is 1.20. The summed E-state index contributed by atoms with van der Waals surface area (Å²) in [6.07, 6.45) is 4.78. The van der Waals surface area contributed by atoms with Gasteiger partial charge in [-0.3, -0.25) is 18.4 Å². The summed E-state index contributed by atoms with van der Waals surface area (Å²) in [5, 5.41) is 0.250. The van der Waals surface area contributed by atoms with Gasteiger partial charge in [0.15, 0.2) is 0 Å². The van der Waals surface area contributed by atoms with Crippen LogP contribution in [0.3, 0.4) is 0 Å². The topological polar surface area (TPSA) is 110 Å². The van der Waals surface area contributed by atoms with Crippen LogP contribution in [0.1, 0.15) is 30.7 Å². The molecule has 4 heterocycles. The van der Waals surface area contributed by atoms with E-state index in [0.717, 1.165) is 53.8 Å². The Bertz CT molecular complexity index is 1120. The van der Waals surface area contributed by atoms with Crippen molar-refractivity contribution in [1.29, 1.82) is 0 Å². The molecule has 2 fully saturated rings. The van der Waals surface area contributed by atoms with Crippen LogP contribution in [0, 0.1) is 0 Å². The summed E-state index contributed by atoms with van der Waals surface area (Å²) in [7, 11) is 0. The number of nitrogen functional groups attached to an aromatic ring is 1. The zero-order chi connectivity index (χ0) is 17.3. The second kappa shape index (κ2) is 5.09. The van der Waals surface area contributed by atoms with Crippen molar-refractivity contribution in [2.45, 2.75) is 31.2 Å². The Morgan fingerprint density at radius 3 is 2.72 bits per heavy atom. The summed E-state index contributed by atoms with van der Waals surface area (Å²) in [4.78, 5) is 27.2. The van der Waals surface area contributed by atoms with E-state index in [1.165, 1.54) is 11.5 Å². The Labute approximate surface area is 147 Å². The average molecular weight is 357 g/mol. The van der Waals surface area contributed by atoms with Crippen LogP contribution in [-0.2, 0) is 0 Å². The summed E-state index contributed by atoms with van der Waals surface area (Å²) in [6.45, 7) is 1.63. The summed E-state index contributed by atoms with van der Waals surface area (Å²) in [5.74, 6) is 0.404. The third-order valence-electron chi connectivity index (χ3n) is 5.30. The summed E-state index contributed by atoms with van der Waals surface area (Å²) < 4.78 is 5.07. The van der Waals surface area contributed by atoms with E-state index in [2.05, 4.69) is 9.27 Å². The zero-order valence-corrected chi connectivity index (χ0v) is 14.4. The maximum absolute atomic E-state index is 12.9. The van der Waals surface area contributed by atoms with Crippen molar-refractivity contribution in [2.75, 3.05) is 23.7 Å². The van der Waals surface area contributed by atoms with Gasteiger partial charge in [0.25, 0.3) is 11.1 Å². The molecule has 1 unspecified atom stereocenters. The lowest BCUT2D eigenvalue weighted by atomic mass is 10.1. The lowest BCUT2D eigenvalue weighted by molar-refractivity contribution is 0.752. The minimum Gasteiger partial charge on any atom is -0.396 e. The van der Waals surface area contributed by atoms with Gasteiger partial charge in [0.05, 0.1) is 21.6 Å². The van der Waals surface area contributed by atoms with Gasteiger partial charge in [0.2, 0.25) is 0 Å². The van der Waals surface area contributed by atoms with Gasteiger partial charge in [0, 0.05) is 25.3 Å². The van der Waals surface area contributed by atoms with E-state index in [1.807, 2.05) is 6.07 Å².